The second-order valence-corrected chi connectivity index (χ2v) is 7.65. The van der Waals surface area contributed by atoms with E-state index in [1.165, 1.54) is 22.9 Å². The highest BCUT2D eigenvalue weighted by Crippen LogP contribution is 2.16. The lowest BCUT2D eigenvalue weighted by Gasteiger charge is -2.13. The summed E-state index contributed by atoms with van der Waals surface area (Å²) < 4.78 is 14.7. The quantitative estimate of drug-likeness (QED) is 0.459. The summed E-state index contributed by atoms with van der Waals surface area (Å²) in [4.78, 5) is 43.1. The van der Waals surface area contributed by atoms with Crippen LogP contribution in [-0.4, -0.2) is 21.2 Å². The molecule has 4 rings (SSSR count). The van der Waals surface area contributed by atoms with Crippen LogP contribution >= 0.6 is 11.6 Å². The summed E-state index contributed by atoms with van der Waals surface area (Å²) in [6, 6.07) is 14.8. The van der Waals surface area contributed by atoms with Gasteiger partial charge in [0.15, 0.2) is 5.78 Å². The van der Waals surface area contributed by atoms with Crippen molar-refractivity contribution in [2.24, 2.45) is 0 Å². The van der Waals surface area contributed by atoms with Crippen molar-refractivity contribution < 1.29 is 14.0 Å². The number of carbonyl (C=O) groups excluding carboxylic acids is 2. The third kappa shape index (κ3) is 4.43. The molecule has 0 radical (unpaired) electrons. The van der Waals surface area contributed by atoms with Crippen molar-refractivity contribution in [3.05, 3.63) is 105 Å². The van der Waals surface area contributed by atoms with Gasteiger partial charge in [0, 0.05) is 28.2 Å². The molecule has 1 N–H and O–H groups in total. The van der Waals surface area contributed by atoms with Crippen LogP contribution in [0.2, 0.25) is 5.02 Å². The van der Waals surface area contributed by atoms with Crippen LogP contribution < -0.4 is 10.7 Å². The van der Waals surface area contributed by atoms with E-state index in [-0.39, 0.29) is 34.6 Å². The zero-order chi connectivity index (χ0) is 22.8. The monoisotopic (exact) mass is 449 g/mol. The number of hydrogen-bond acceptors (Lipinski definition) is 4. The van der Waals surface area contributed by atoms with E-state index in [4.69, 9.17) is 11.6 Å². The molecule has 2 aromatic heterocycles. The van der Waals surface area contributed by atoms with E-state index in [0.717, 1.165) is 12.1 Å². The Bertz CT molecular complexity index is 1400. The molecule has 0 aliphatic heterocycles. The molecule has 160 valence electrons. The molecule has 6 nitrogen and oxygen atoms in total. The maximum atomic E-state index is 13.2. The zero-order valence-electron chi connectivity index (χ0n) is 16.9. The van der Waals surface area contributed by atoms with Crippen molar-refractivity contribution in [3.63, 3.8) is 0 Å². The standard InChI is InChI=1S/C24H17ClFN3O3/c1-14-2-11-19-23(32)20(22(31)15-3-7-17(26)8-4-15)12-29(24(19)27-14)13-21(30)28-18-9-5-16(25)6-10-18/h2-12H,13H2,1H3,(H,28,30). The van der Waals surface area contributed by atoms with Crippen LogP contribution in [0.5, 0.6) is 0 Å². The third-order valence-electron chi connectivity index (χ3n) is 4.85. The highest BCUT2D eigenvalue weighted by atomic mass is 35.5. The van der Waals surface area contributed by atoms with Gasteiger partial charge >= 0.3 is 0 Å². The van der Waals surface area contributed by atoms with Gasteiger partial charge in [0.05, 0.1) is 10.9 Å². The Kier molecular flexibility index (Phi) is 5.83. The van der Waals surface area contributed by atoms with Gasteiger partial charge in [-0.15, -0.1) is 0 Å². The van der Waals surface area contributed by atoms with Crippen LogP contribution in [0.15, 0.2) is 71.7 Å². The van der Waals surface area contributed by atoms with Crippen molar-refractivity contribution in [3.8, 4) is 0 Å². The maximum absolute atomic E-state index is 13.2. The van der Waals surface area contributed by atoms with Gasteiger partial charge in [0.25, 0.3) is 0 Å². The Balaban J connectivity index is 1.75. The Morgan fingerprint density at radius 3 is 2.41 bits per heavy atom. The van der Waals surface area contributed by atoms with Crippen molar-refractivity contribution in [1.82, 2.24) is 9.55 Å². The van der Waals surface area contributed by atoms with E-state index in [1.807, 2.05) is 0 Å². The number of fused-ring (bicyclic) bond motifs is 1. The van der Waals surface area contributed by atoms with Crippen LogP contribution in [0.4, 0.5) is 10.1 Å². The fraction of sp³-hybridized carbons (Fsp3) is 0.0833. The second-order valence-electron chi connectivity index (χ2n) is 7.21. The van der Waals surface area contributed by atoms with E-state index in [2.05, 4.69) is 10.3 Å². The van der Waals surface area contributed by atoms with Crippen molar-refractivity contribution in [2.45, 2.75) is 13.5 Å². The summed E-state index contributed by atoms with van der Waals surface area (Å²) in [6.45, 7) is 1.58. The molecule has 1 amide bonds. The summed E-state index contributed by atoms with van der Waals surface area (Å²) in [5.74, 6) is -1.43. The average molecular weight is 450 g/mol. The number of aryl methyl sites for hydroxylation is 1. The molecule has 0 spiro atoms. The van der Waals surface area contributed by atoms with Gasteiger partial charge in [-0.3, -0.25) is 14.4 Å². The molecule has 0 aliphatic rings. The van der Waals surface area contributed by atoms with Gasteiger partial charge < -0.3 is 9.88 Å². The van der Waals surface area contributed by atoms with Crippen LogP contribution in [-0.2, 0) is 11.3 Å². The van der Waals surface area contributed by atoms with E-state index in [0.29, 0.717) is 16.4 Å². The predicted molar refractivity (Wildman–Crippen MR) is 121 cm³/mol. The van der Waals surface area contributed by atoms with Crippen LogP contribution in [0, 0.1) is 12.7 Å². The molecule has 2 heterocycles. The smallest absolute Gasteiger partial charge is 0.244 e. The SMILES string of the molecule is Cc1ccc2c(=O)c(C(=O)c3ccc(F)cc3)cn(CC(=O)Nc3ccc(Cl)cc3)c2n1. The number of pyridine rings is 2. The Hall–Kier alpha value is -3.84. The van der Waals surface area contributed by atoms with Gasteiger partial charge in [-0.05, 0) is 67.6 Å². The Morgan fingerprint density at radius 2 is 1.72 bits per heavy atom. The number of amides is 1. The second kappa shape index (κ2) is 8.72. The van der Waals surface area contributed by atoms with Crippen LogP contribution in [0.1, 0.15) is 21.6 Å². The summed E-state index contributed by atoms with van der Waals surface area (Å²) in [5.41, 5.74) is 1.03. The normalized spacial score (nSPS) is 10.8. The largest absolute Gasteiger partial charge is 0.325 e. The van der Waals surface area contributed by atoms with E-state index >= 15 is 0 Å². The number of halogens is 2. The number of anilines is 1. The molecular formula is C24H17ClFN3O3. The molecule has 2 aromatic carbocycles. The molecule has 0 saturated heterocycles. The Morgan fingerprint density at radius 1 is 1.03 bits per heavy atom. The van der Waals surface area contributed by atoms with E-state index < -0.39 is 17.0 Å². The lowest BCUT2D eigenvalue weighted by molar-refractivity contribution is -0.116. The number of rotatable bonds is 5. The van der Waals surface area contributed by atoms with Crippen molar-refractivity contribution in [1.29, 1.82) is 0 Å². The minimum atomic E-state index is -0.565. The molecular weight excluding hydrogens is 433 g/mol. The van der Waals surface area contributed by atoms with Crippen molar-refractivity contribution >= 4 is 40.0 Å². The van der Waals surface area contributed by atoms with Crippen LogP contribution in [0.25, 0.3) is 11.0 Å². The molecule has 0 bridgehead atoms. The average Bonchev–Trinajstić information content (AvgIpc) is 2.77. The molecule has 0 atom stereocenters. The number of nitrogens with one attached hydrogen (secondary N) is 1. The summed E-state index contributed by atoms with van der Waals surface area (Å²) >= 11 is 5.87. The minimum Gasteiger partial charge on any atom is -0.325 e. The van der Waals surface area contributed by atoms with Gasteiger partial charge in [0.2, 0.25) is 11.3 Å². The highest BCUT2D eigenvalue weighted by Gasteiger charge is 2.19. The van der Waals surface area contributed by atoms with Gasteiger partial charge in [0.1, 0.15) is 18.0 Å². The van der Waals surface area contributed by atoms with Gasteiger partial charge in [-0.25, -0.2) is 9.37 Å². The molecule has 0 aliphatic carbocycles. The first-order valence-corrected chi connectivity index (χ1v) is 10.1. The summed E-state index contributed by atoms with van der Waals surface area (Å²) in [5, 5.41) is 3.50. The van der Waals surface area contributed by atoms with E-state index in [9.17, 15) is 18.8 Å². The lowest BCUT2D eigenvalue weighted by Crippen LogP contribution is -2.25. The molecule has 8 heteroatoms. The first-order chi connectivity index (χ1) is 15.3. The minimum absolute atomic E-state index is 0.131. The predicted octanol–water partition coefficient (Wildman–Crippen LogP) is 4.37. The number of hydrogen-bond donors (Lipinski definition) is 1. The van der Waals surface area contributed by atoms with Crippen molar-refractivity contribution in [2.75, 3.05) is 5.32 Å². The molecule has 0 fully saturated rings. The topological polar surface area (TPSA) is 81.1 Å². The fourth-order valence-corrected chi connectivity index (χ4v) is 3.41. The number of ketones is 1. The number of nitrogens with zero attached hydrogens (tertiary/aromatic N) is 2. The molecule has 0 unspecified atom stereocenters. The lowest BCUT2D eigenvalue weighted by atomic mass is 10.0. The molecule has 0 saturated carbocycles. The number of aromatic nitrogens is 2. The Labute approximate surface area is 187 Å². The van der Waals surface area contributed by atoms with Crippen LogP contribution in [0.3, 0.4) is 0 Å². The number of carbonyl (C=O) groups is 2. The van der Waals surface area contributed by atoms with Gasteiger partial charge in [-0.2, -0.15) is 0 Å². The third-order valence-corrected chi connectivity index (χ3v) is 5.11. The maximum Gasteiger partial charge on any atom is 0.244 e. The first-order valence-electron chi connectivity index (χ1n) is 9.68. The molecule has 4 aromatic rings. The fourth-order valence-electron chi connectivity index (χ4n) is 3.29. The summed E-state index contributed by atoms with van der Waals surface area (Å²) in [7, 11) is 0. The zero-order valence-corrected chi connectivity index (χ0v) is 17.7. The highest BCUT2D eigenvalue weighted by molar-refractivity contribution is 6.30. The first kappa shape index (κ1) is 21.4. The van der Waals surface area contributed by atoms with Gasteiger partial charge in [-0.1, -0.05) is 11.6 Å². The number of benzene rings is 2. The summed E-state index contributed by atoms with van der Waals surface area (Å²) in [6.07, 6.45) is 1.32. The molecule has 32 heavy (non-hydrogen) atoms. The van der Waals surface area contributed by atoms with E-state index in [1.54, 1.807) is 43.3 Å².